The van der Waals surface area contributed by atoms with E-state index in [-0.39, 0.29) is 19.0 Å². The number of anilines is 1. The fourth-order valence-corrected chi connectivity index (χ4v) is 8.04. The SMILES string of the molecule is CCCCCC(C)(CCCC)COc1nc(N2C3CCC2CN(CC(C)OCOC)C3)c2c3c(c(Br)cc2n1)=NC(C)C(C)C=3.[HH]. The van der Waals surface area contributed by atoms with Gasteiger partial charge in [-0.2, -0.15) is 9.97 Å². The molecule has 252 valence electrons. The molecule has 3 aliphatic rings. The quantitative estimate of drug-likeness (QED) is 0.141. The topological polar surface area (TPSA) is 72.3 Å². The van der Waals surface area contributed by atoms with E-state index in [9.17, 15) is 0 Å². The predicted octanol–water partition coefficient (Wildman–Crippen LogP) is 6.89. The summed E-state index contributed by atoms with van der Waals surface area (Å²) in [6.45, 7) is 17.4. The number of hydrogen-bond donors (Lipinski definition) is 0. The summed E-state index contributed by atoms with van der Waals surface area (Å²) in [5.74, 6) is 1.35. The van der Waals surface area contributed by atoms with Crippen molar-refractivity contribution >= 4 is 38.7 Å². The van der Waals surface area contributed by atoms with Crippen molar-refractivity contribution in [3.63, 3.8) is 0 Å². The largest absolute Gasteiger partial charge is 0.463 e. The number of aromatic nitrogens is 2. The molecule has 0 saturated carbocycles. The Bertz CT molecular complexity index is 1410. The van der Waals surface area contributed by atoms with Crippen LogP contribution in [0.25, 0.3) is 17.0 Å². The van der Waals surface area contributed by atoms with Crippen molar-refractivity contribution in [3.8, 4) is 6.01 Å². The van der Waals surface area contributed by atoms with E-state index in [1.54, 1.807) is 7.11 Å². The molecular weight excluding hydrogens is 630 g/mol. The zero-order valence-electron chi connectivity index (χ0n) is 28.8. The number of likely N-dealkylation sites (tertiary alicyclic amines) is 1. The van der Waals surface area contributed by atoms with E-state index >= 15 is 0 Å². The molecule has 6 atom stereocenters. The van der Waals surface area contributed by atoms with Gasteiger partial charge in [-0.1, -0.05) is 65.9 Å². The molecule has 2 aromatic rings. The van der Waals surface area contributed by atoms with Crippen LogP contribution in [0.2, 0.25) is 0 Å². The molecule has 45 heavy (non-hydrogen) atoms. The fraction of sp³-hybridized carbons (Fsp3) is 0.750. The fourth-order valence-electron chi connectivity index (χ4n) is 7.51. The molecule has 2 bridgehead atoms. The number of methoxy groups -OCH3 is 1. The second kappa shape index (κ2) is 15.4. The van der Waals surface area contributed by atoms with Crippen LogP contribution in [-0.4, -0.2) is 79.2 Å². The van der Waals surface area contributed by atoms with Crippen LogP contribution in [0.3, 0.4) is 0 Å². The van der Waals surface area contributed by atoms with Gasteiger partial charge in [0, 0.05) is 55.4 Å². The second-order valence-electron chi connectivity index (χ2n) is 14.3. The number of benzene rings is 1. The van der Waals surface area contributed by atoms with Gasteiger partial charge < -0.3 is 19.1 Å². The lowest BCUT2D eigenvalue weighted by Gasteiger charge is -2.43. The number of ether oxygens (including phenoxy) is 3. The number of fused-ring (bicyclic) bond motifs is 5. The Hall–Kier alpha value is -1.81. The molecule has 0 N–H and O–H groups in total. The van der Waals surface area contributed by atoms with Gasteiger partial charge in [0.15, 0.2) is 0 Å². The van der Waals surface area contributed by atoms with Crippen LogP contribution in [0.15, 0.2) is 15.5 Å². The van der Waals surface area contributed by atoms with Crippen LogP contribution < -0.4 is 20.2 Å². The van der Waals surface area contributed by atoms with Crippen LogP contribution in [0.4, 0.5) is 5.82 Å². The summed E-state index contributed by atoms with van der Waals surface area (Å²) in [5.41, 5.74) is 1.04. The molecule has 0 aliphatic carbocycles. The van der Waals surface area contributed by atoms with E-state index in [4.69, 9.17) is 29.2 Å². The van der Waals surface area contributed by atoms with Crippen LogP contribution >= 0.6 is 15.9 Å². The zero-order valence-corrected chi connectivity index (χ0v) is 30.4. The van der Waals surface area contributed by atoms with Gasteiger partial charge in [-0.25, -0.2) is 0 Å². The van der Waals surface area contributed by atoms with E-state index in [2.05, 4.69) is 79.4 Å². The number of piperazine rings is 1. The summed E-state index contributed by atoms with van der Waals surface area (Å²) < 4.78 is 18.6. The minimum atomic E-state index is 0. The van der Waals surface area contributed by atoms with Gasteiger partial charge in [0.1, 0.15) is 12.6 Å². The maximum absolute atomic E-state index is 6.63. The summed E-state index contributed by atoms with van der Waals surface area (Å²) in [4.78, 5) is 20.7. The van der Waals surface area contributed by atoms with Crippen molar-refractivity contribution in [1.82, 2.24) is 14.9 Å². The molecule has 0 radical (unpaired) electrons. The van der Waals surface area contributed by atoms with E-state index in [1.165, 1.54) is 38.5 Å². The maximum Gasteiger partial charge on any atom is 0.318 e. The van der Waals surface area contributed by atoms with Crippen molar-refractivity contribution in [2.75, 3.05) is 45.0 Å². The first-order chi connectivity index (χ1) is 21.7. The van der Waals surface area contributed by atoms with Crippen molar-refractivity contribution in [2.24, 2.45) is 16.3 Å². The molecule has 6 unspecified atom stereocenters. The molecule has 5 rings (SSSR count). The van der Waals surface area contributed by atoms with Crippen LogP contribution in [0.5, 0.6) is 6.01 Å². The first-order valence-electron chi connectivity index (χ1n) is 17.5. The van der Waals surface area contributed by atoms with Crippen molar-refractivity contribution in [3.05, 3.63) is 21.1 Å². The van der Waals surface area contributed by atoms with Crippen LogP contribution in [0, 0.1) is 11.3 Å². The molecule has 0 spiro atoms. The number of hydrogen-bond acceptors (Lipinski definition) is 8. The average Bonchev–Trinajstić information content (AvgIpc) is 3.28. The van der Waals surface area contributed by atoms with Crippen LogP contribution in [0.1, 0.15) is 101 Å². The highest BCUT2D eigenvalue weighted by Crippen LogP contribution is 2.38. The summed E-state index contributed by atoms with van der Waals surface area (Å²) in [6.07, 6.45) is 13.3. The molecule has 2 fully saturated rings. The second-order valence-corrected chi connectivity index (χ2v) is 15.1. The summed E-state index contributed by atoms with van der Waals surface area (Å²) >= 11 is 3.86. The third-order valence-corrected chi connectivity index (χ3v) is 10.9. The molecule has 0 amide bonds. The minimum Gasteiger partial charge on any atom is -0.463 e. The number of halogens is 1. The highest BCUT2D eigenvalue weighted by atomic mass is 79.9. The molecule has 2 saturated heterocycles. The molecule has 3 aliphatic heterocycles. The third-order valence-electron chi connectivity index (χ3n) is 10.3. The summed E-state index contributed by atoms with van der Waals surface area (Å²) in [7, 11) is 1.68. The minimum absolute atomic E-state index is 0. The predicted molar refractivity (Wildman–Crippen MR) is 189 cm³/mol. The van der Waals surface area contributed by atoms with Crippen LogP contribution in [-0.2, 0) is 9.47 Å². The Labute approximate surface area is 280 Å². The summed E-state index contributed by atoms with van der Waals surface area (Å²) in [6, 6.07) is 3.62. The third kappa shape index (κ3) is 8.02. The standard InChI is InChI=1S/C36H56BrN5O3.H2/c1-8-10-12-16-36(6,15-11-9-2)22-44-35-39-31-18-30(37)33-29(17-24(3)26(5)38-33)32(31)34(40-35)42-27-13-14-28(42)21-41(20-27)19-25(4)45-23-43-7;/h17-18,24-28H,8-16,19-23H2,1-7H3;1H. The molecule has 1 aromatic carbocycles. The smallest absolute Gasteiger partial charge is 0.318 e. The van der Waals surface area contributed by atoms with Gasteiger partial charge in [0.2, 0.25) is 0 Å². The maximum atomic E-state index is 6.63. The lowest BCUT2D eigenvalue weighted by atomic mass is 9.81. The Morgan fingerprint density at radius 3 is 2.47 bits per heavy atom. The van der Waals surface area contributed by atoms with E-state index in [1.807, 2.05) is 0 Å². The van der Waals surface area contributed by atoms with Gasteiger partial charge in [0.25, 0.3) is 0 Å². The van der Waals surface area contributed by atoms with E-state index < -0.39 is 0 Å². The lowest BCUT2D eigenvalue weighted by molar-refractivity contribution is -0.0747. The molecule has 4 heterocycles. The van der Waals surface area contributed by atoms with Crippen molar-refractivity contribution in [1.29, 1.82) is 0 Å². The lowest BCUT2D eigenvalue weighted by Crippen LogP contribution is -2.55. The number of unbranched alkanes of at least 4 members (excludes halogenated alkanes) is 3. The number of rotatable bonds is 16. The Morgan fingerprint density at radius 2 is 1.78 bits per heavy atom. The van der Waals surface area contributed by atoms with Gasteiger partial charge in [-0.15, -0.1) is 0 Å². The van der Waals surface area contributed by atoms with E-state index in [0.717, 1.165) is 70.7 Å². The first kappa shape index (κ1) is 34.5. The van der Waals surface area contributed by atoms with Crippen molar-refractivity contribution in [2.45, 2.75) is 124 Å². The van der Waals surface area contributed by atoms with Gasteiger partial charge >= 0.3 is 6.01 Å². The van der Waals surface area contributed by atoms with Gasteiger partial charge in [-0.3, -0.25) is 9.89 Å². The van der Waals surface area contributed by atoms with E-state index in [0.29, 0.717) is 37.4 Å². The monoisotopic (exact) mass is 687 g/mol. The summed E-state index contributed by atoms with van der Waals surface area (Å²) in [5, 5.41) is 3.29. The van der Waals surface area contributed by atoms with Crippen molar-refractivity contribution < 1.29 is 15.6 Å². The molecule has 1 aromatic heterocycles. The molecule has 8 nitrogen and oxygen atoms in total. The first-order valence-corrected chi connectivity index (χ1v) is 18.3. The Kier molecular flexibility index (Phi) is 11.8. The average molecular weight is 689 g/mol. The number of nitrogens with zero attached hydrogens (tertiary/aromatic N) is 5. The molecule has 9 heteroatoms. The van der Waals surface area contributed by atoms with Gasteiger partial charge in [0.05, 0.1) is 35.0 Å². The highest BCUT2D eigenvalue weighted by molar-refractivity contribution is 9.10. The molecular formula is C36H58BrN5O3. The Balaban J connectivity index is 0.00000480. The highest BCUT2D eigenvalue weighted by Gasteiger charge is 2.42. The normalized spacial score (nSPS) is 25.0. The van der Waals surface area contributed by atoms with Gasteiger partial charge in [-0.05, 0) is 67.4 Å². The Morgan fingerprint density at radius 1 is 1.07 bits per heavy atom. The zero-order chi connectivity index (χ0) is 32.1.